The highest BCUT2D eigenvalue weighted by molar-refractivity contribution is 6.38. The van der Waals surface area contributed by atoms with E-state index in [1.54, 1.807) is 0 Å². The summed E-state index contributed by atoms with van der Waals surface area (Å²) in [5, 5.41) is 8.98. The van der Waals surface area contributed by atoms with E-state index in [1.165, 1.54) is 12.4 Å². The molecule has 1 aromatic heterocycles. The molecule has 6 heteroatoms. The van der Waals surface area contributed by atoms with Gasteiger partial charge in [0.2, 0.25) is 0 Å². The van der Waals surface area contributed by atoms with E-state index in [4.69, 9.17) is 23.2 Å². The number of hydrogen-bond acceptors (Lipinski definition) is 4. The van der Waals surface area contributed by atoms with Gasteiger partial charge in [0.25, 0.3) is 0 Å². The van der Waals surface area contributed by atoms with Crippen LogP contribution in [0.1, 0.15) is 5.56 Å². The van der Waals surface area contributed by atoms with Crippen LogP contribution in [0, 0.1) is 0 Å². The van der Waals surface area contributed by atoms with Crippen LogP contribution in [0.25, 0.3) is 0 Å². The fourth-order valence-electron chi connectivity index (χ4n) is 1.59. The number of rotatable bonds is 4. The van der Waals surface area contributed by atoms with Crippen LogP contribution in [0.15, 0.2) is 46.9 Å². The van der Waals surface area contributed by atoms with Crippen LogP contribution in [0.5, 0.6) is 0 Å². The molecule has 4 nitrogen and oxygen atoms in total. The predicted octanol–water partition coefficient (Wildman–Crippen LogP) is 4.74. The molecule has 1 heterocycles. The van der Waals surface area contributed by atoms with Crippen molar-refractivity contribution in [3.05, 3.63) is 52.3 Å². The zero-order chi connectivity index (χ0) is 14.5. The average molecular weight is 309 g/mol. The van der Waals surface area contributed by atoms with Crippen molar-refractivity contribution in [1.29, 1.82) is 0 Å². The molecule has 0 saturated carbocycles. The van der Waals surface area contributed by atoms with Gasteiger partial charge in [-0.05, 0) is 17.7 Å². The first kappa shape index (κ1) is 14.8. The zero-order valence-electron chi connectivity index (χ0n) is 11.2. The van der Waals surface area contributed by atoms with E-state index in [0.717, 1.165) is 11.3 Å². The van der Waals surface area contributed by atoms with Crippen molar-refractivity contribution in [2.45, 2.75) is 6.54 Å². The molecule has 0 amide bonds. The number of hydrogen-bond donors (Lipinski definition) is 0. The minimum atomic E-state index is 0.393. The van der Waals surface area contributed by atoms with E-state index in [2.05, 4.69) is 15.2 Å². The molecule has 0 aliphatic heterocycles. The third kappa shape index (κ3) is 3.68. The first-order valence-corrected chi connectivity index (χ1v) is 6.76. The van der Waals surface area contributed by atoms with E-state index < -0.39 is 0 Å². The molecule has 0 N–H and O–H groups in total. The molecule has 20 heavy (non-hydrogen) atoms. The molecule has 0 bridgehead atoms. The van der Waals surface area contributed by atoms with E-state index >= 15 is 0 Å². The minimum absolute atomic E-state index is 0.393. The zero-order valence-corrected chi connectivity index (χ0v) is 12.7. The Hall–Kier alpha value is -1.65. The molecule has 104 valence electrons. The van der Waals surface area contributed by atoms with Gasteiger partial charge in [-0.1, -0.05) is 35.3 Å². The van der Waals surface area contributed by atoms with Gasteiger partial charge >= 0.3 is 0 Å². The largest absolute Gasteiger partial charge is 0.378 e. The molecule has 0 atom stereocenters. The SMILES string of the molecule is CN(C)c1ccc(CN=Nc2c(Cl)cncc2Cl)cc1. The van der Waals surface area contributed by atoms with Crippen LogP contribution in [-0.2, 0) is 6.54 Å². The van der Waals surface area contributed by atoms with Crippen molar-refractivity contribution in [2.24, 2.45) is 10.2 Å². The Bertz CT molecular complexity index is 589. The lowest BCUT2D eigenvalue weighted by Gasteiger charge is -2.11. The lowest BCUT2D eigenvalue weighted by atomic mass is 10.2. The van der Waals surface area contributed by atoms with Crippen LogP contribution in [-0.4, -0.2) is 19.1 Å². The van der Waals surface area contributed by atoms with Crippen molar-refractivity contribution < 1.29 is 0 Å². The number of pyridine rings is 1. The molecule has 0 aliphatic rings. The van der Waals surface area contributed by atoms with Gasteiger partial charge in [0.1, 0.15) is 5.69 Å². The second kappa shape index (κ2) is 6.68. The number of anilines is 1. The van der Waals surface area contributed by atoms with Crippen molar-refractivity contribution in [3.63, 3.8) is 0 Å². The van der Waals surface area contributed by atoms with Crippen LogP contribution in [0.2, 0.25) is 10.0 Å². The predicted molar refractivity (Wildman–Crippen MR) is 83.2 cm³/mol. The molecule has 1 aromatic carbocycles. The summed E-state index contributed by atoms with van der Waals surface area (Å²) in [6, 6.07) is 8.11. The third-order valence-corrected chi connectivity index (χ3v) is 3.26. The summed E-state index contributed by atoms with van der Waals surface area (Å²) in [6.07, 6.45) is 2.99. The molecular formula is C14H14Cl2N4. The Balaban J connectivity index is 2.06. The molecule has 0 radical (unpaired) electrons. The van der Waals surface area contributed by atoms with E-state index in [0.29, 0.717) is 22.3 Å². The highest BCUT2D eigenvalue weighted by Gasteiger charge is 2.04. The van der Waals surface area contributed by atoms with Crippen LogP contribution >= 0.6 is 23.2 Å². The number of azo groups is 1. The number of halogens is 2. The molecule has 0 fully saturated rings. The maximum absolute atomic E-state index is 5.96. The maximum atomic E-state index is 5.96. The molecule has 0 unspecified atom stereocenters. The fourth-order valence-corrected chi connectivity index (χ4v) is 2.03. The molecule has 2 rings (SSSR count). The molecule has 2 aromatic rings. The molecular weight excluding hydrogens is 295 g/mol. The second-order valence-electron chi connectivity index (χ2n) is 4.41. The Morgan fingerprint density at radius 2 is 1.65 bits per heavy atom. The van der Waals surface area contributed by atoms with Crippen molar-refractivity contribution >= 4 is 34.6 Å². The van der Waals surface area contributed by atoms with Crippen LogP contribution < -0.4 is 4.90 Å². The highest BCUT2D eigenvalue weighted by atomic mass is 35.5. The van der Waals surface area contributed by atoms with Gasteiger partial charge in [0.15, 0.2) is 0 Å². The van der Waals surface area contributed by atoms with Crippen molar-refractivity contribution in [1.82, 2.24) is 4.98 Å². The van der Waals surface area contributed by atoms with Gasteiger partial charge in [-0.2, -0.15) is 10.2 Å². The minimum Gasteiger partial charge on any atom is -0.378 e. The van der Waals surface area contributed by atoms with Gasteiger partial charge in [0.05, 0.1) is 16.6 Å². The number of nitrogens with zero attached hydrogens (tertiary/aromatic N) is 4. The normalized spacial score (nSPS) is 11.0. The van der Waals surface area contributed by atoms with E-state index in [-0.39, 0.29) is 0 Å². The highest BCUT2D eigenvalue weighted by Crippen LogP contribution is 2.31. The van der Waals surface area contributed by atoms with Gasteiger partial charge in [0, 0.05) is 32.2 Å². The first-order valence-electron chi connectivity index (χ1n) is 6.00. The van der Waals surface area contributed by atoms with Crippen molar-refractivity contribution in [3.8, 4) is 0 Å². The Morgan fingerprint density at radius 1 is 1.05 bits per heavy atom. The molecule has 0 spiro atoms. The summed E-state index contributed by atoms with van der Waals surface area (Å²) < 4.78 is 0. The quantitative estimate of drug-likeness (QED) is 0.765. The van der Waals surface area contributed by atoms with Crippen LogP contribution in [0.3, 0.4) is 0 Å². The van der Waals surface area contributed by atoms with Gasteiger partial charge < -0.3 is 4.90 Å². The van der Waals surface area contributed by atoms with Gasteiger partial charge in [-0.15, -0.1) is 0 Å². The smallest absolute Gasteiger partial charge is 0.126 e. The second-order valence-corrected chi connectivity index (χ2v) is 5.23. The molecule has 0 aliphatic carbocycles. The summed E-state index contributed by atoms with van der Waals surface area (Å²) in [7, 11) is 4.00. The first-order chi connectivity index (χ1) is 9.58. The standard InChI is InChI=1S/C14H14Cl2N4/c1-20(2)11-5-3-10(4-6-11)7-18-19-14-12(15)8-17-9-13(14)16/h3-6,8-9H,7H2,1-2H3. The Morgan fingerprint density at radius 3 is 2.20 bits per heavy atom. The maximum Gasteiger partial charge on any atom is 0.126 e. The van der Waals surface area contributed by atoms with Gasteiger partial charge in [-0.25, -0.2) is 0 Å². The number of aromatic nitrogens is 1. The lowest BCUT2D eigenvalue weighted by molar-refractivity contribution is 0.957. The Kier molecular flexibility index (Phi) is 4.93. The third-order valence-electron chi connectivity index (χ3n) is 2.70. The number of benzene rings is 1. The van der Waals surface area contributed by atoms with E-state index in [9.17, 15) is 0 Å². The lowest BCUT2D eigenvalue weighted by Crippen LogP contribution is -2.08. The van der Waals surface area contributed by atoms with Gasteiger partial charge in [-0.3, -0.25) is 4.98 Å². The molecule has 0 saturated heterocycles. The Labute approximate surface area is 128 Å². The van der Waals surface area contributed by atoms with Crippen LogP contribution in [0.4, 0.5) is 11.4 Å². The summed E-state index contributed by atoms with van der Waals surface area (Å²) in [5.74, 6) is 0. The summed E-state index contributed by atoms with van der Waals surface area (Å²) in [5.41, 5.74) is 2.67. The topological polar surface area (TPSA) is 40.9 Å². The summed E-state index contributed by atoms with van der Waals surface area (Å²) in [4.78, 5) is 5.91. The van der Waals surface area contributed by atoms with E-state index in [1.807, 2.05) is 43.3 Å². The monoisotopic (exact) mass is 308 g/mol. The summed E-state index contributed by atoms with van der Waals surface area (Å²) >= 11 is 11.9. The van der Waals surface area contributed by atoms with Crippen molar-refractivity contribution in [2.75, 3.05) is 19.0 Å². The average Bonchev–Trinajstić information content (AvgIpc) is 2.42. The fraction of sp³-hybridized carbons (Fsp3) is 0.214. The summed E-state index contributed by atoms with van der Waals surface area (Å²) in [6.45, 7) is 0.475.